The second-order valence-electron chi connectivity index (χ2n) is 4.25. The molecule has 0 fully saturated rings. The third kappa shape index (κ3) is 2.20. The van der Waals surface area contributed by atoms with E-state index in [2.05, 4.69) is 5.32 Å². The summed E-state index contributed by atoms with van der Waals surface area (Å²) in [6.07, 6.45) is 0. The minimum absolute atomic E-state index is 0.0418. The minimum atomic E-state index is -1.14. The molecule has 0 aliphatic carbocycles. The molecule has 7 heteroatoms. The highest BCUT2D eigenvalue weighted by Gasteiger charge is 2.19. The Kier molecular flexibility index (Phi) is 3.43. The Morgan fingerprint density at radius 1 is 1.20 bits per heavy atom. The quantitative estimate of drug-likeness (QED) is 0.748. The molecule has 0 aliphatic heterocycles. The molecule has 20 heavy (non-hydrogen) atoms. The van der Waals surface area contributed by atoms with Crippen molar-refractivity contribution >= 4 is 17.5 Å². The molecule has 3 N–H and O–H groups in total. The van der Waals surface area contributed by atoms with E-state index >= 15 is 0 Å². The van der Waals surface area contributed by atoms with Crippen LogP contribution in [0.15, 0.2) is 35.1 Å². The number of primary amides is 1. The molecule has 0 saturated carbocycles. The minimum Gasteiger partial charge on any atom is -0.361 e. The lowest BCUT2D eigenvalue weighted by Gasteiger charge is -2.07. The van der Waals surface area contributed by atoms with Crippen molar-refractivity contribution in [3.05, 3.63) is 46.4 Å². The number of amides is 2. The van der Waals surface area contributed by atoms with Gasteiger partial charge in [0.1, 0.15) is 5.69 Å². The molecule has 0 atom stereocenters. The van der Waals surface area contributed by atoms with E-state index in [9.17, 15) is 14.4 Å². The standard InChI is InChI=1S/C13H14N4O3/c1-8-10(15-12(19)11(14)18)13(20)17(16(8)2)9-6-4-3-5-7-9/h3-7H,1-2H3,(H2,14,18)(H,15,19). The maximum atomic E-state index is 12.3. The number of benzene rings is 1. The Balaban J connectivity index is 2.55. The highest BCUT2D eigenvalue weighted by molar-refractivity contribution is 6.39. The summed E-state index contributed by atoms with van der Waals surface area (Å²) < 4.78 is 2.99. The van der Waals surface area contributed by atoms with Crippen molar-refractivity contribution < 1.29 is 9.59 Å². The molecule has 1 aromatic heterocycles. The molecule has 2 aromatic rings. The maximum Gasteiger partial charge on any atom is 0.313 e. The molecule has 1 heterocycles. The van der Waals surface area contributed by atoms with Gasteiger partial charge in [-0.25, -0.2) is 4.68 Å². The van der Waals surface area contributed by atoms with Crippen LogP contribution in [0.4, 0.5) is 5.69 Å². The lowest BCUT2D eigenvalue weighted by Crippen LogP contribution is -2.32. The second kappa shape index (κ2) is 5.04. The van der Waals surface area contributed by atoms with Gasteiger partial charge in [-0.15, -0.1) is 0 Å². The summed E-state index contributed by atoms with van der Waals surface area (Å²) in [6.45, 7) is 1.66. The Bertz CT molecular complexity index is 728. The predicted molar refractivity (Wildman–Crippen MR) is 73.6 cm³/mol. The van der Waals surface area contributed by atoms with E-state index in [0.29, 0.717) is 11.4 Å². The van der Waals surface area contributed by atoms with Crippen molar-refractivity contribution in [3.8, 4) is 5.69 Å². The average molecular weight is 274 g/mol. The van der Waals surface area contributed by atoms with Crippen molar-refractivity contribution in [1.82, 2.24) is 9.36 Å². The van der Waals surface area contributed by atoms with Gasteiger partial charge in [0.25, 0.3) is 5.56 Å². The van der Waals surface area contributed by atoms with Crippen molar-refractivity contribution in [2.45, 2.75) is 6.92 Å². The largest absolute Gasteiger partial charge is 0.361 e. The summed E-state index contributed by atoms with van der Waals surface area (Å²) in [4.78, 5) is 34.5. The number of nitrogens with one attached hydrogen (secondary N) is 1. The number of carbonyl (C=O) groups is 2. The summed E-state index contributed by atoms with van der Waals surface area (Å²) in [5, 5.41) is 2.24. The van der Waals surface area contributed by atoms with Gasteiger partial charge in [-0.1, -0.05) is 18.2 Å². The van der Waals surface area contributed by atoms with Crippen LogP contribution in [0.5, 0.6) is 0 Å². The summed E-state index contributed by atoms with van der Waals surface area (Å²) in [5.41, 5.74) is 5.67. The number of para-hydroxylation sites is 1. The molecule has 7 nitrogen and oxygen atoms in total. The highest BCUT2D eigenvalue weighted by atomic mass is 16.2. The normalized spacial score (nSPS) is 10.3. The van der Waals surface area contributed by atoms with E-state index in [1.807, 2.05) is 6.07 Å². The van der Waals surface area contributed by atoms with E-state index in [4.69, 9.17) is 5.73 Å². The molecule has 0 spiro atoms. The van der Waals surface area contributed by atoms with E-state index in [1.165, 1.54) is 4.68 Å². The van der Waals surface area contributed by atoms with E-state index < -0.39 is 17.4 Å². The first-order chi connectivity index (χ1) is 9.43. The lowest BCUT2D eigenvalue weighted by atomic mass is 10.3. The van der Waals surface area contributed by atoms with Crippen LogP contribution in [0, 0.1) is 6.92 Å². The second-order valence-corrected chi connectivity index (χ2v) is 4.25. The van der Waals surface area contributed by atoms with Gasteiger partial charge < -0.3 is 11.1 Å². The van der Waals surface area contributed by atoms with E-state index in [1.54, 1.807) is 42.9 Å². The zero-order valence-corrected chi connectivity index (χ0v) is 11.1. The van der Waals surface area contributed by atoms with Crippen molar-refractivity contribution in [3.63, 3.8) is 0 Å². The van der Waals surface area contributed by atoms with Crippen LogP contribution < -0.4 is 16.6 Å². The first-order valence-electron chi connectivity index (χ1n) is 5.88. The molecule has 0 radical (unpaired) electrons. The Labute approximate surface area is 114 Å². The predicted octanol–water partition coefficient (Wildman–Crippen LogP) is -0.0918. The number of hydrogen-bond acceptors (Lipinski definition) is 3. The fourth-order valence-electron chi connectivity index (χ4n) is 1.89. The average Bonchev–Trinajstić information content (AvgIpc) is 2.63. The maximum absolute atomic E-state index is 12.3. The number of carbonyl (C=O) groups excluding carboxylic acids is 2. The van der Waals surface area contributed by atoms with E-state index in [0.717, 1.165) is 0 Å². The SMILES string of the molecule is Cc1c(NC(=O)C(N)=O)c(=O)n(-c2ccccc2)n1C. The third-order valence-corrected chi connectivity index (χ3v) is 3.02. The highest BCUT2D eigenvalue weighted by Crippen LogP contribution is 2.13. The molecule has 2 rings (SSSR count). The van der Waals surface area contributed by atoms with Gasteiger partial charge in [-0.2, -0.15) is 0 Å². The van der Waals surface area contributed by atoms with Gasteiger partial charge in [-0.05, 0) is 19.1 Å². The van der Waals surface area contributed by atoms with Gasteiger partial charge in [0.15, 0.2) is 0 Å². The summed E-state index contributed by atoms with van der Waals surface area (Å²) in [7, 11) is 1.68. The first kappa shape index (κ1) is 13.6. The van der Waals surface area contributed by atoms with Crippen LogP contribution in [-0.2, 0) is 16.6 Å². The fourth-order valence-corrected chi connectivity index (χ4v) is 1.89. The van der Waals surface area contributed by atoms with Crippen molar-refractivity contribution in [2.24, 2.45) is 12.8 Å². The Morgan fingerprint density at radius 3 is 2.35 bits per heavy atom. The van der Waals surface area contributed by atoms with Crippen LogP contribution in [0.3, 0.4) is 0 Å². The lowest BCUT2D eigenvalue weighted by molar-refractivity contribution is -0.134. The summed E-state index contributed by atoms with van der Waals surface area (Å²) in [6, 6.07) is 8.96. The Morgan fingerprint density at radius 2 is 1.80 bits per heavy atom. The monoisotopic (exact) mass is 274 g/mol. The summed E-state index contributed by atoms with van der Waals surface area (Å²) in [5.74, 6) is -2.16. The third-order valence-electron chi connectivity index (χ3n) is 3.02. The number of nitrogens with zero attached hydrogens (tertiary/aromatic N) is 2. The molecule has 0 unspecified atom stereocenters. The molecule has 0 aliphatic rings. The smallest absolute Gasteiger partial charge is 0.313 e. The van der Waals surface area contributed by atoms with Gasteiger partial charge in [0.05, 0.1) is 11.4 Å². The number of aromatic nitrogens is 2. The zero-order valence-electron chi connectivity index (χ0n) is 11.1. The zero-order chi connectivity index (χ0) is 14.9. The molecular weight excluding hydrogens is 260 g/mol. The van der Waals surface area contributed by atoms with Crippen LogP contribution in [0.2, 0.25) is 0 Å². The molecule has 0 bridgehead atoms. The number of rotatable bonds is 2. The van der Waals surface area contributed by atoms with Gasteiger partial charge in [-0.3, -0.25) is 19.1 Å². The fraction of sp³-hybridized carbons (Fsp3) is 0.154. The van der Waals surface area contributed by atoms with Crippen LogP contribution in [-0.4, -0.2) is 21.2 Å². The Hall–Kier alpha value is -2.83. The van der Waals surface area contributed by atoms with Gasteiger partial charge in [0.2, 0.25) is 0 Å². The number of hydrogen-bond donors (Lipinski definition) is 2. The molecule has 0 saturated heterocycles. The van der Waals surface area contributed by atoms with Gasteiger partial charge >= 0.3 is 11.8 Å². The van der Waals surface area contributed by atoms with Crippen LogP contribution in [0.25, 0.3) is 5.69 Å². The topological polar surface area (TPSA) is 99.1 Å². The molecular formula is C13H14N4O3. The van der Waals surface area contributed by atoms with Gasteiger partial charge in [0, 0.05) is 7.05 Å². The van der Waals surface area contributed by atoms with Crippen LogP contribution in [0.1, 0.15) is 5.69 Å². The number of anilines is 1. The van der Waals surface area contributed by atoms with Crippen molar-refractivity contribution in [1.29, 1.82) is 0 Å². The van der Waals surface area contributed by atoms with Crippen molar-refractivity contribution in [2.75, 3.05) is 5.32 Å². The number of nitrogens with two attached hydrogens (primary N) is 1. The molecule has 2 amide bonds. The molecule has 1 aromatic carbocycles. The van der Waals surface area contributed by atoms with E-state index in [-0.39, 0.29) is 5.69 Å². The first-order valence-corrected chi connectivity index (χ1v) is 5.88. The summed E-state index contributed by atoms with van der Waals surface area (Å²) >= 11 is 0. The van der Waals surface area contributed by atoms with Crippen LogP contribution >= 0.6 is 0 Å². The molecule has 104 valence electrons.